The fourth-order valence-corrected chi connectivity index (χ4v) is 6.55. The molecule has 10 N–H and O–H groups in total. The second kappa shape index (κ2) is 24.8. The minimum atomic E-state index is -1.79. The molecule has 2 rings (SSSR count). The van der Waals surface area contributed by atoms with E-state index in [0.717, 1.165) is 16.0 Å². The van der Waals surface area contributed by atoms with Crippen molar-refractivity contribution in [2.45, 2.75) is 103 Å². The average Bonchev–Trinajstić information content (AvgIpc) is 3.20. The maximum absolute atomic E-state index is 14.1. The van der Waals surface area contributed by atoms with E-state index in [2.05, 4.69) is 26.3 Å². The number of hydrogen-bond acceptors (Lipinski definition) is 9. The fraction of sp³-hybridized carbons (Fsp3) is 0.524. The van der Waals surface area contributed by atoms with Gasteiger partial charge in [0, 0.05) is 33.0 Å². The summed E-state index contributed by atoms with van der Waals surface area (Å²) < 4.78 is 5.80. The Morgan fingerprint density at radius 3 is 2.18 bits per heavy atom. The number of aliphatic carboxylic acids is 2. The minimum absolute atomic E-state index is 0.0401. The first kappa shape index (κ1) is 50.1. The number of nitrogens with zero attached hydrogens (tertiary/aromatic N) is 2. The molecule has 1 heterocycles. The van der Waals surface area contributed by atoms with Crippen LogP contribution in [-0.2, 0) is 44.7 Å². The first-order chi connectivity index (χ1) is 28.3. The number of carboxylic acid groups (broad SMARTS) is 2. The van der Waals surface area contributed by atoms with Crippen LogP contribution in [0.3, 0.4) is 0 Å². The molecule has 0 unspecified atom stereocenters. The lowest BCUT2D eigenvalue weighted by Crippen LogP contribution is -2.56. The maximum atomic E-state index is 14.1. The molecule has 0 aliphatic carbocycles. The predicted octanol–water partition coefficient (Wildman–Crippen LogP) is 1.36. The van der Waals surface area contributed by atoms with Gasteiger partial charge in [0.25, 0.3) is 5.91 Å². The molecule has 1 fully saturated rings. The molecule has 1 aliphatic heterocycles. The van der Waals surface area contributed by atoms with E-state index >= 15 is 0 Å². The number of hydrogen-bond donors (Lipinski definition) is 8. The number of carboxylic acids is 2. The van der Waals surface area contributed by atoms with Crippen molar-refractivity contribution in [1.29, 1.82) is 0 Å². The summed E-state index contributed by atoms with van der Waals surface area (Å²) in [5.74, 6) is -9.73. The van der Waals surface area contributed by atoms with Crippen LogP contribution in [0.25, 0.3) is 0 Å². The van der Waals surface area contributed by atoms with Crippen molar-refractivity contribution >= 4 is 47.4 Å². The van der Waals surface area contributed by atoms with Crippen molar-refractivity contribution in [3.63, 3.8) is 0 Å². The third-order valence-corrected chi connectivity index (χ3v) is 10.3. The second-order valence-electron chi connectivity index (χ2n) is 14.9. The molecule has 0 aromatic heterocycles. The number of carbonyl (C=O) groups excluding carboxylic acids is 5. The number of unbranched alkanes of at least 4 members (excludes halogenated alkanes) is 1. The molecular formula is C42H62N8O10. The van der Waals surface area contributed by atoms with Crippen LogP contribution in [0.2, 0.25) is 0 Å². The largest absolute Gasteiger partial charge is 0.480 e. The first-order valence-electron chi connectivity index (χ1n) is 19.9. The number of ether oxygens (including phenoxy) is 1. The third kappa shape index (κ3) is 16.0. The number of methoxy groups -OCH3 is 1. The van der Waals surface area contributed by atoms with Gasteiger partial charge in [0.05, 0.1) is 24.0 Å². The second-order valence-corrected chi connectivity index (χ2v) is 14.9. The molecule has 330 valence electrons. The van der Waals surface area contributed by atoms with Crippen molar-refractivity contribution in [3.05, 3.63) is 71.5 Å². The standard InChI is InChI=1S/C42H62N8O10/c1-8-32-39(55)49-35(41(58)59)27(5)37(53)47-30(16-12-13-21-45-42(43)44)38(54)46-29(26(4)36(52)48-31(40(56)57)19-20-34(51)50(32)6)18-17-24(2)22-25(3)33(60-7)23-28-14-10-9-11-15-28/h8-11,14-15,17-18,22,25-27,29-31,33,35H,12-13,16,19-21,23H2,1-7H3,(H,46,54)(H,47,53)(H,48,52)(H,49,55)(H,56,57)(H,58,59)(H4,43,44,45)/b18-17+,24-22-,32-8?/t25-,26+,27+,29+,30+,31+,33+,35+/m0/s1. The van der Waals surface area contributed by atoms with E-state index < -0.39 is 83.9 Å². The fourth-order valence-electron chi connectivity index (χ4n) is 6.55. The summed E-state index contributed by atoms with van der Waals surface area (Å²) in [5, 5.41) is 30.3. The summed E-state index contributed by atoms with van der Waals surface area (Å²) >= 11 is 0. The Balaban J connectivity index is 2.63. The number of allylic oxidation sites excluding steroid dienone is 3. The Morgan fingerprint density at radius 2 is 1.60 bits per heavy atom. The van der Waals surface area contributed by atoms with Crippen molar-refractivity contribution in [2.75, 3.05) is 20.7 Å². The number of rotatable bonds is 14. The zero-order valence-corrected chi connectivity index (χ0v) is 35.5. The van der Waals surface area contributed by atoms with Crippen molar-refractivity contribution < 1.29 is 48.5 Å². The van der Waals surface area contributed by atoms with Gasteiger partial charge in [0.15, 0.2) is 5.96 Å². The monoisotopic (exact) mass is 838 g/mol. The lowest BCUT2D eigenvalue weighted by Gasteiger charge is -2.28. The van der Waals surface area contributed by atoms with Gasteiger partial charge in [-0.25, -0.2) is 9.59 Å². The topological polar surface area (TPSA) is 285 Å². The summed E-state index contributed by atoms with van der Waals surface area (Å²) in [6.07, 6.45) is 7.02. The Labute approximate surface area is 351 Å². The van der Waals surface area contributed by atoms with Gasteiger partial charge in [-0.15, -0.1) is 0 Å². The Bertz CT molecular complexity index is 1790. The van der Waals surface area contributed by atoms with Gasteiger partial charge < -0.3 is 52.6 Å². The van der Waals surface area contributed by atoms with Gasteiger partial charge in [0.2, 0.25) is 23.6 Å². The predicted molar refractivity (Wildman–Crippen MR) is 225 cm³/mol. The van der Waals surface area contributed by atoms with E-state index in [9.17, 15) is 43.8 Å². The minimum Gasteiger partial charge on any atom is -0.480 e. The summed E-state index contributed by atoms with van der Waals surface area (Å²) in [5.41, 5.74) is 12.5. The van der Waals surface area contributed by atoms with Crippen molar-refractivity contribution in [3.8, 4) is 0 Å². The van der Waals surface area contributed by atoms with Gasteiger partial charge in [0.1, 0.15) is 23.8 Å². The molecule has 1 aromatic rings. The van der Waals surface area contributed by atoms with E-state index in [4.69, 9.17) is 16.2 Å². The number of nitrogens with one attached hydrogen (secondary N) is 4. The number of guanidine groups is 1. The quantitative estimate of drug-likeness (QED) is 0.0434. The molecule has 1 saturated heterocycles. The smallest absolute Gasteiger partial charge is 0.327 e. The summed E-state index contributed by atoms with van der Waals surface area (Å²) in [4.78, 5) is 97.8. The summed E-state index contributed by atoms with van der Waals surface area (Å²) in [6, 6.07) is 4.21. The van der Waals surface area contributed by atoms with Crippen LogP contribution in [0.15, 0.2) is 70.9 Å². The Morgan fingerprint density at radius 1 is 0.950 bits per heavy atom. The number of benzene rings is 1. The number of carbonyl (C=O) groups is 7. The molecule has 0 spiro atoms. The number of amides is 5. The normalized spacial score (nSPS) is 24.9. The van der Waals surface area contributed by atoms with Gasteiger partial charge in [-0.3, -0.25) is 29.0 Å². The van der Waals surface area contributed by atoms with Crippen molar-refractivity contribution in [2.24, 2.45) is 34.2 Å². The Kier molecular flexibility index (Phi) is 20.7. The van der Waals surface area contributed by atoms with Crippen LogP contribution >= 0.6 is 0 Å². The maximum Gasteiger partial charge on any atom is 0.327 e. The van der Waals surface area contributed by atoms with Gasteiger partial charge in [-0.05, 0) is 51.5 Å². The third-order valence-electron chi connectivity index (χ3n) is 10.3. The molecule has 8 atom stereocenters. The summed E-state index contributed by atoms with van der Waals surface area (Å²) in [6.45, 7) is 8.26. The number of aliphatic imine (C=N–C) groups is 1. The highest BCUT2D eigenvalue weighted by Gasteiger charge is 2.36. The molecule has 1 aliphatic rings. The van der Waals surface area contributed by atoms with E-state index in [1.807, 2.05) is 50.3 Å². The van der Waals surface area contributed by atoms with E-state index in [1.165, 1.54) is 33.9 Å². The molecular weight excluding hydrogens is 777 g/mol. The highest BCUT2D eigenvalue weighted by Crippen LogP contribution is 2.19. The Hall–Kier alpha value is -6.04. The van der Waals surface area contributed by atoms with Crippen LogP contribution in [0, 0.1) is 17.8 Å². The van der Waals surface area contributed by atoms with E-state index in [1.54, 1.807) is 19.3 Å². The number of likely N-dealkylation sites (N-methyl/N-ethyl adjacent to an activating group) is 1. The van der Waals surface area contributed by atoms with Gasteiger partial charge in [-0.2, -0.15) is 0 Å². The van der Waals surface area contributed by atoms with Gasteiger partial charge in [-0.1, -0.05) is 81.0 Å². The zero-order chi connectivity index (χ0) is 45.1. The molecule has 0 bridgehead atoms. The van der Waals surface area contributed by atoms with Crippen molar-refractivity contribution in [1.82, 2.24) is 26.2 Å². The summed E-state index contributed by atoms with van der Waals surface area (Å²) in [7, 11) is 2.89. The molecule has 0 radical (unpaired) electrons. The van der Waals surface area contributed by atoms with Crippen LogP contribution < -0.4 is 32.7 Å². The number of nitrogens with two attached hydrogens (primary N) is 2. The zero-order valence-electron chi connectivity index (χ0n) is 35.5. The lowest BCUT2D eigenvalue weighted by atomic mass is 9.94. The molecule has 18 nitrogen and oxygen atoms in total. The van der Waals surface area contributed by atoms with E-state index in [0.29, 0.717) is 19.3 Å². The molecule has 5 amide bonds. The van der Waals surface area contributed by atoms with Crippen LogP contribution in [0.4, 0.5) is 0 Å². The van der Waals surface area contributed by atoms with Crippen LogP contribution in [0.5, 0.6) is 0 Å². The van der Waals surface area contributed by atoms with Crippen LogP contribution in [0.1, 0.15) is 72.3 Å². The molecule has 18 heteroatoms. The molecule has 1 aromatic carbocycles. The molecule has 60 heavy (non-hydrogen) atoms. The highest BCUT2D eigenvalue weighted by atomic mass is 16.5. The van der Waals surface area contributed by atoms with E-state index in [-0.39, 0.29) is 43.1 Å². The highest BCUT2D eigenvalue weighted by molar-refractivity contribution is 6.00. The average molecular weight is 839 g/mol. The van der Waals surface area contributed by atoms with Crippen LogP contribution in [-0.4, -0.2) is 114 Å². The molecule has 0 saturated carbocycles. The lowest BCUT2D eigenvalue weighted by molar-refractivity contribution is -0.146. The van der Waals surface area contributed by atoms with Gasteiger partial charge >= 0.3 is 11.9 Å². The SMILES string of the molecule is CC=C1C(=O)N[C@@H](C(=O)O)[C@@H](C)C(=O)N[C@H](CCCCN=C(N)N)C(=O)N[C@H](/C=C/C(C)=C\[C@H](C)[C@@H](Cc2ccccc2)OC)[C@@H](C)C(=O)N[C@@H](C(=O)O)CCC(=O)N1C. The first-order valence-corrected chi connectivity index (χ1v) is 19.9.